The molecule has 2 aliphatic heterocycles. The van der Waals surface area contributed by atoms with Crippen LogP contribution in [-0.4, -0.2) is 47.9 Å². The van der Waals surface area contributed by atoms with Crippen molar-refractivity contribution >= 4 is 51.7 Å². The highest BCUT2D eigenvalue weighted by atomic mass is 32.1. The number of carbonyl (C=O) groups excluding carboxylic acids is 1. The van der Waals surface area contributed by atoms with Crippen molar-refractivity contribution in [1.29, 1.82) is 0 Å². The molecule has 190 valence electrons. The Labute approximate surface area is 222 Å². The van der Waals surface area contributed by atoms with Gasteiger partial charge in [0.2, 0.25) is 0 Å². The van der Waals surface area contributed by atoms with E-state index in [1.54, 1.807) is 39.8 Å². The predicted molar refractivity (Wildman–Crippen MR) is 146 cm³/mol. The molecule has 1 saturated carbocycles. The lowest BCUT2D eigenvalue weighted by Crippen LogP contribution is -2.36. The van der Waals surface area contributed by atoms with Crippen molar-refractivity contribution in [3.63, 3.8) is 0 Å². The zero-order valence-corrected chi connectivity index (χ0v) is 21.7. The number of ether oxygens (including phenoxy) is 1. The van der Waals surface area contributed by atoms with E-state index in [4.69, 9.17) is 9.84 Å². The van der Waals surface area contributed by atoms with E-state index in [-0.39, 0.29) is 29.1 Å². The molecule has 37 heavy (non-hydrogen) atoms. The zero-order chi connectivity index (χ0) is 25.4. The number of benzene rings is 1. The van der Waals surface area contributed by atoms with Crippen LogP contribution in [0.5, 0.6) is 0 Å². The van der Waals surface area contributed by atoms with Gasteiger partial charge in [0.1, 0.15) is 5.69 Å². The summed E-state index contributed by atoms with van der Waals surface area (Å²) in [6.07, 6.45) is 5.09. The summed E-state index contributed by atoms with van der Waals surface area (Å²) in [6.45, 7) is 2.20. The topological polar surface area (TPSA) is 88.3 Å². The number of allylic oxidation sites excluding steroid dienone is 1. The summed E-state index contributed by atoms with van der Waals surface area (Å²) in [6, 6.07) is 12.7. The fraction of sp³-hybridized carbons (Fsp3) is 0.333. The number of morpholine rings is 1. The molecule has 6 rings (SSSR count). The summed E-state index contributed by atoms with van der Waals surface area (Å²) < 4.78 is 5.40. The van der Waals surface area contributed by atoms with Gasteiger partial charge in [-0.2, -0.15) is 5.10 Å². The summed E-state index contributed by atoms with van der Waals surface area (Å²) >= 11 is 3.30. The number of thiophene rings is 2. The maximum absolute atomic E-state index is 13.9. The lowest BCUT2D eigenvalue weighted by Gasteiger charge is -2.29. The largest absolute Gasteiger partial charge is 0.378 e. The summed E-state index contributed by atoms with van der Waals surface area (Å²) in [5.74, 6) is -0.211. The van der Waals surface area contributed by atoms with E-state index in [1.807, 2.05) is 22.4 Å². The standard InChI is InChI=1S/C27H26N4O4S2/c32-27(19-8-9-22(23(17-19)31(33)34)29-10-12-35-13-11-29)30-26(24-7-3-15-37-24)21-6-1-4-18(25(21)28-30)16-20-5-2-14-36-20/h2-3,5,7-9,14-17,21,26H,1,4,6,10-13H2. The number of nitro groups is 1. The lowest BCUT2D eigenvalue weighted by molar-refractivity contribution is -0.384. The number of amides is 1. The number of rotatable bonds is 5. The van der Waals surface area contributed by atoms with Crippen LogP contribution in [0.2, 0.25) is 0 Å². The molecule has 1 saturated heterocycles. The third-order valence-electron chi connectivity index (χ3n) is 7.17. The average Bonchev–Trinajstić information content (AvgIpc) is 3.70. The molecule has 0 N–H and O–H groups in total. The molecule has 3 aliphatic rings. The molecule has 8 nitrogen and oxygen atoms in total. The fourth-order valence-corrected chi connectivity index (χ4v) is 7.01. The third kappa shape index (κ3) is 4.60. The normalized spacial score (nSPS) is 22.7. The predicted octanol–water partition coefficient (Wildman–Crippen LogP) is 5.99. The van der Waals surface area contributed by atoms with Gasteiger partial charge in [0.05, 0.1) is 29.9 Å². The quantitative estimate of drug-likeness (QED) is 0.296. The molecule has 10 heteroatoms. The van der Waals surface area contributed by atoms with Crippen molar-refractivity contribution < 1.29 is 14.5 Å². The van der Waals surface area contributed by atoms with Crippen LogP contribution >= 0.6 is 22.7 Å². The molecule has 2 unspecified atom stereocenters. The van der Waals surface area contributed by atoms with Gasteiger partial charge in [-0.1, -0.05) is 12.1 Å². The number of hydrogen-bond donors (Lipinski definition) is 0. The Morgan fingerprint density at radius 3 is 2.68 bits per heavy atom. The van der Waals surface area contributed by atoms with Crippen molar-refractivity contribution in [2.24, 2.45) is 11.0 Å². The van der Waals surface area contributed by atoms with E-state index >= 15 is 0 Å². The molecule has 1 amide bonds. The first-order valence-electron chi connectivity index (χ1n) is 12.4. The first kappa shape index (κ1) is 24.0. The van der Waals surface area contributed by atoms with E-state index in [0.717, 1.165) is 29.9 Å². The minimum Gasteiger partial charge on any atom is -0.378 e. The van der Waals surface area contributed by atoms with E-state index < -0.39 is 4.92 Å². The van der Waals surface area contributed by atoms with Gasteiger partial charge in [-0.15, -0.1) is 22.7 Å². The van der Waals surface area contributed by atoms with Crippen LogP contribution in [0, 0.1) is 16.0 Å². The molecular weight excluding hydrogens is 508 g/mol. The van der Waals surface area contributed by atoms with E-state index in [1.165, 1.54) is 16.5 Å². The van der Waals surface area contributed by atoms with Crippen LogP contribution in [0.3, 0.4) is 0 Å². The Morgan fingerprint density at radius 1 is 1.14 bits per heavy atom. The minimum absolute atomic E-state index is 0.0667. The van der Waals surface area contributed by atoms with E-state index in [2.05, 4.69) is 23.6 Å². The highest BCUT2D eigenvalue weighted by Crippen LogP contribution is 2.46. The Kier molecular flexibility index (Phi) is 6.62. The molecule has 2 aromatic heterocycles. The highest BCUT2D eigenvalue weighted by Gasteiger charge is 2.44. The Balaban J connectivity index is 1.38. The second-order valence-electron chi connectivity index (χ2n) is 9.34. The van der Waals surface area contributed by atoms with Gasteiger partial charge in [-0.05, 0) is 65.9 Å². The van der Waals surface area contributed by atoms with Crippen molar-refractivity contribution in [3.05, 3.63) is 84.2 Å². The van der Waals surface area contributed by atoms with Gasteiger partial charge in [-0.3, -0.25) is 14.9 Å². The van der Waals surface area contributed by atoms with Crippen molar-refractivity contribution in [1.82, 2.24) is 5.01 Å². The van der Waals surface area contributed by atoms with Crippen LogP contribution in [0.1, 0.15) is 45.4 Å². The molecule has 3 aromatic rings. The Morgan fingerprint density at radius 2 is 1.95 bits per heavy atom. The lowest BCUT2D eigenvalue weighted by atomic mass is 9.79. The molecule has 4 heterocycles. The summed E-state index contributed by atoms with van der Waals surface area (Å²) in [4.78, 5) is 29.7. The number of hydrazone groups is 1. The number of hydrogen-bond acceptors (Lipinski definition) is 8. The SMILES string of the molecule is O=C(c1ccc(N2CCOCC2)c([N+](=O)[O-])c1)N1N=C2C(=Cc3cccs3)CCCC2C1c1cccs1. The molecule has 1 aliphatic carbocycles. The zero-order valence-electron chi connectivity index (χ0n) is 20.1. The highest BCUT2D eigenvalue weighted by molar-refractivity contribution is 7.11. The second-order valence-corrected chi connectivity index (χ2v) is 11.3. The summed E-state index contributed by atoms with van der Waals surface area (Å²) in [7, 11) is 0. The smallest absolute Gasteiger partial charge is 0.293 e. The van der Waals surface area contributed by atoms with E-state index in [0.29, 0.717) is 32.0 Å². The van der Waals surface area contributed by atoms with E-state index in [9.17, 15) is 14.9 Å². The Bertz CT molecular complexity index is 1360. The second kappa shape index (κ2) is 10.2. The molecule has 2 atom stereocenters. The minimum atomic E-state index is -0.407. The number of anilines is 1. The number of nitro benzene ring substituents is 1. The van der Waals surface area contributed by atoms with Gasteiger partial charge in [-0.25, -0.2) is 5.01 Å². The Hall–Kier alpha value is -3.34. The first-order chi connectivity index (χ1) is 18.1. The maximum Gasteiger partial charge on any atom is 0.293 e. The van der Waals surface area contributed by atoms with Gasteiger partial charge < -0.3 is 9.64 Å². The number of nitrogens with zero attached hydrogens (tertiary/aromatic N) is 4. The van der Waals surface area contributed by atoms with Gasteiger partial charge in [0, 0.05) is 40.4 Å². The molecule has 0 radical (unpaired) electrons. The van der Waals surface area contributed by atoms with Crippen LogP contribution in [-0.2, 0) is 4.74 Å². The number of fused-ring (bicyclic) bond motifs is 1. The average molecular weight is 535 g/mol. The van der Waals surface area contributed by atoms with Gasteiger partial charge in [0.15, 0.2) is 0 Å². The van der Waals surface area contributed by atoms with Gasteiger partial charge >= 0.3 is 0 Å². The van der Waals surface area contributed by atoms with Crippen molar-refractivity contribution in [3.8, 4) is 0 Å². The van der Waals surface area contributed by atoms with Gasteiger partial charge in [0.25, 0.3) is 11.6 Å². The third-order valence-corrected chi connectivity index (χ3v) is 8.94. The van der Waals surface area contributed by atoms with Crippen LogP contribution < -0.4 is 4.90 Å². The molecular formula is C27H26N4O4S2. The molecule has 1 aromatic carbocycles. The fourth-order valence-electron chi connectivity index (χ4n) is 5.46. The monoisotopic (exact) mass is 534 g/mol. The summed E-state index contributed by atoms with van der Waals surface area (Å²) in [5, 5.41) is 22.6. The number of carbonyl (C=O) groups is 1. The van der Waals surface area contributed by atoms with Crippen LogP contribution in [0.15, 0.2) is 63.9 Å². The summed E-state index contributed by atoms with van der Waals surface area (Å²) in [5.41, 5.74) is 2.86. The first-order valence-corrected chi connectivity index (χ1v) is 14.2. The molecule has 0 bridgehead atoms. The maximum atomic E-state index is 13.9. The van der Waals surface area contributed by atoms with Crippen molar-refractivity contribution in [2.75, 3.05) is 31.2 Å². The van der Waals surface area contributed by atoms with Crippen LogP contribution in [0.25, 0.3) is 6.08 Å². The molecule has 0 spiro atoms. The van der Waals surface area contributed by atoms with Crippen LogP contribution in [0.4, 0.5) is 11.4 Å². The van der Waals surface area contributed by atoms with Crippen molar-refractivity contribution in [2.45, 2.75) is 25.3 Å². The molecule has 2 fully saturated rings.